The summed E-state index contributed by atoms with van der Waals surface area (Å²) in [5.74, 6) is -0.952. The standard InChI is InChI=1S/C21H39N2O4.Na/c1-20(2)16-17(21(3,4)23(20)27)19(26)22-15-13-11-9-7-5-6-8-10-12-14-18(24)25;/h17H,5-16H2,1-4H3,(H,22,26)(H,24,25);/q-1;+1. The fourth-order valence-electron chi connectivity index (χ4n) is 4.14. The van der Waals surface area contributed by atoms with Crippen molar-refractivity contribution in [2.75, 3.05) is 6.54 Å². The molecule has 7 heteroatoms. The fourth-order valence-corrected chi connectivity index (χ4v) is 4.14. The number of nitrogens with one attached hydrogen (secondary N) is 1. The second-order valence-corrected chi connectivity index (χ2v) is 9.13. The number of carbonyl (C=O) groups is 2. The molecular formula is C21H39N2NaO4. The maximum absolute atomic E-state index is 12.5. The van der Waals surface area contributed by atoms with Crippen molar-refractivity contribution >= 4 is 11.9 Å². The molecule has 6 nitrogen and oxygen atoms in total. The van der Waals surface area contributed by atoms with Crippen molar-refractivity contribution in [2.24, 2.45) is 5.92 Å². The first-order chi connectivity index (χ1) is 12.6. The van der Waals surface area contributed by atoms with Gasteiger partial charge in [0.05, 0.1) is 5.92 Å². The molecule has 1 unspecified atom stereocenters. The van der Waals surface area contributed by atoms with Gasteiger partial charge in [0.1, 0.15) is 0 Å². The molecule has 1 fully saturated rings. The predicted octanol–water partition coefficient (Wildman–Crippen LogP) is 1.47. The van der Waals surface area contributed by atoms with Gasteiger partial charge in [-0.05, 0) is 47.0 Å². The summed E-state index contributed by atoms with van der Waals surface area (Å²) in [6.07, 6.45) is 10.6. The molecule has 0 saturated carbocycles. The van der Waals surface area contributed by atoms with Gasteiger partial charge in [-0.15, -0.1) is 0 Å². The van der Waals surface area contributed by atoms with E-state index in [0.717, 1.165) is 37.2 Å². The van der Waals surface area contributed by atoms with Gasteiger partial charge in [-0.25, -0.2) is 0 Å². The van der Waals surface area contributed by atoms with Crippen molar-refractivity contribution in [3.63, 3.8) is 0 Å². The number of rotatable bonds is 13. The van der Waals surface area contributed by atoms with E-state index in [1.165, 1.54) is 25.7 Å². The first-order valence-electron chi connectivity index (χ1n) is 10.6. The number of unbranched alkanes of at least 4 members (excludes halogenated alkanes) is 8. The quantitative estimate of drug-likeness (QED) is 0.357. The molecule has 0 bridgehead atoms. The number of carboxylic acids is 1. The van der Waals surface area contributed by atoms with Gasteiger partial charge < -0.3 is 20.7 Å². The van der Waals surface area contributed by atoms with Crippen LogP contribution in [-0.4, -0.2) is 39.7 Å². The van der Waals surface area contributed by atoms with Crippen LogP contribution in [0.4, 0.5) is 0 Å². The van der Waals surface area contributed by atoms with Crippen LogP contribution in [0.3, 0.4) is 0 Å². The molecule has 1 aliphatic heterocycles. The van der Waals surface area contributed by atoms with E-state index in [1.54, 1.807) is 0 Å². The molecule has 0 aromatic carbocycles. The summed E-state index contributed by atoms with van der Waals surface area (Å²) in [4.78, 5) is 22.9. The molecule has 2 N–H and O–H groups in total. The van der Waals surface area contributed by atoms with Crippen LogP contribution in [0.5, 0.6) is 0 Å². The Morgan fingerprint density at radius 1 is 0.964 bits per heavy atom. The average molecular weight is 407 g/mol. The Labute approximate surface area is 193 Å². The van der Waals surface area contributed by atoms with E-state index in [0.29, 0.717) is 13.0 Å². The summed E-state index contributed by atoms with van der Waals surface area (Å²) in [5, 5.41) is 25.0. The largest absolute Gasteiger partial charge is 1.00 e. The molecule has 0 radical (unpaired) electrons. The van der Waals surface area contributed by atoms with E-state index in [2.05, 4.69) is 5.32 Å². The summed E-state index contributed by atoms with van der Waals surface area (Å²) >= 11 is 0. The monoisotopic (exact) mass is 406 g/mol. The predicted molar refractivity (Wildman–Crippen MR) is 108 cm³/mol. The Morgan fingerprint density at radius 3 is 1.86 bits per heavy atom. The molecule has 158 valence electrons. The topological polar surface area (TPSA) is 92.7 Å². The van der Waals surface area contributed by atoms with Gasteiger partial charge in [0.15, 0.2) is 0 Å². The molecule has 1 aliphatic rings. The van der Waals surface area contributed by atoms with Gasteiger partial charge in [-0.1, -0.05) is 44.9 Å². The van der Waals surface area contributed by atoms with E-state index in [4.69, 9.17) is 5.11 Å². The van der Waals surface area contributed by atoms with Gasteiger partial charge in [-0.3, -0.25) is 9.59 Å². The third-order valence-electron chi connectivity index (χ3n) is 5.81. The molecule has 1 atom stereocenters. The molecule has 0 aromatic heterocycles. The first kappa shape index (κ1) is 27.9. The van der Waals surface area contributed by atoms with Gasteiger partial charge >= 0.3 is 35.5 Å². The van der Waals surface area contributed by atoms with Gasteiger partial charge in [0.25, 0.3) is 0 Å². The zero-order valence-corrected chi connectivity index (χ0v) is 20.7. The van der Waals surface area contributed by atoms with Crippen molar-refractivity contribution in [3.8, 4) is 0 Å². The van der Waals surface area contributed by atoms with Gasteiger partial charge in [0, 0.05) is 24.0 Å². The Bertz CT molecular complexity index is 483. The number of carboxylic acid groups (broad SMARTS) is 1. The summed E-state index contributed by atoms with van der Waals surface area (Å²) in [6.45, 7) is 8.21. The van der Waals surface area contributed by atoms with Crippen LogP contribution in [0.1, 0.15) is 98.3 Å². The van der Waals surface area contributed by atoms with Gasteiger partial charge in [-0.2, -0.15) is 0 Å². The van der Waals surface area contributed by atoms with Crippen molar-refractivity contribution in [2.45, 2.75) is 109 Å². The number of hydrogen-bond donors (Lipinski definition) is 2. The SMILES string of the molecule is CC1(C)CC(C(=O)NCCCCCCCCCCCC(=O)O)C(C)(C)N1[O-].[Na+]. The summed E-state index contributed by atoms with van der Waals surface area (Å²) in [6, 6.07) is 0. The van der Waals surface area contributed by atoms with Crippen molar-refractivity contribution in [1.29, 1.82) is 0 Å². The molecule has 0 aliphatic carbocycles. The second kappa shape index (κ2) is 13.2. The van der Waals surface area contributed by atoms with Crippen LogP contribution in [0.15, 0.2) is 0 Å². The number of aliphatic carboxylic acids is 1. The fraction of sp³-hybridized carbons (Fsp3) is 0.905. The number of carbonyl (C=O) groups excluding carboxylic acids is 1. The van der Waals surface area contributed by atoms with E-state index in [1.807, 2.05) is 27.7 Å². The summed E-state index contributed by atoms with van der Waals surface area (Å²) in [5.41, 5.74) is -1.14. The van der Waals surface area contributed by atoms with Crippen molar-refractivity contribution in [3.05, 3.63) is 5.21 Å². The third kappa shape index (κ3) is 9.12. The molecule has 28 heavy (non-hydrogen) atoms. The molecule has 1 heterocycles. The second-order valence-electron chi connectivity index (χ2n) is 9.13. The smallest absolute Gasteiger partial charge is 0.784 e. The normalized spacial score (nSPS) is 20.5. The maximum Gasteiger partial charge on any atom is 1.00 e. The van der Waals surface area contributed by atoms with Crippen LogP contribution in [0, 0.1) is 11.1 Å². The molecule has 1 saturated heterocycles. The minimum atomic E-state index is -0.701. The van der Waals surface area contributed by atoms with E-state index in [-0.39, 0.29) is 47.8 Å². The molecule has 0 spiro atoms. The zero-order chi connectivity index (χ0) is 20.5. The van der Waals surface area contributed by atoms with E-state index in [9.17, 15) is 14.8 Å². The average Bonchev–Trinajstić information content (AvgIpc) is 2.75. The summed E-state index contributed by atoms with van der Waals surface area (Å²) in [7, 11) is 0. The minimum Gasteiger partial charge on any atom is -0.784 e. The van der Waals surface area contributed by atoms with Gasteiger partial charge in [0.2, 0.25) is 5.91 Å². The van der Waals surface area contributed by atoms with Crippen LogP contribution in [0.2, 0.25) is 0 Å². The molecular weight excluding hydrogens is 367 g/mol. The molecule has 1 rings (SSSR count). The van der Waals surface area contributed by atoms with E-state index >= 15 is 0 Å². The van der Waals surface area contributed by atoms with Crippen molar-refractivity contribution in [1.82, 2.24) is 10.4 Å². The number of hydroxylamine groups is 2. The Kier molecular flexibility index (Phi) is 13.2. The Balaban J connectivity index is 0.00000729. The Hall–Kier alpha value is -0.140. The van der Waals surface area contributed by atoms with E-state index < -0.39 is 17.0 Å². The zero-order valence-electron chi connectivity index (χ0n) is 18.7. The van der Waals surface area contributed by atoms with Crippen LogP contribution in [-0.2, 0) is 9.59 Å². The maximum atomic E-state index is 12.5. The third-order valence-corrected chi connectivity index (χ3v) is 5.81. The first-order valence-corrected chi connectivity index (χ1v) is 10.6. The Morgan fingerprint density at radius 2 is 1.43 bits per heavy atom. The number of amides is 1. The van der Waals surface area contributed by atoms with Crippen LogP contribution >= 0.6 is 0 Å². The number of nitrogens with zero attached hydrogens (tertiary/aromatic N) is 1. The minimum absolute atomic E-state index is 0. The number of hydrogen-bond acceptors (Lipinski definition) is 4. The molecule has 0 aromatic rings. The van der Waals surface area contributed by atoms with Crippen molar-refractivity contribution < 1.29 is 44.3 Å². The molecule has 1 amide bonds. The van der Waals surface area contributed by atoms with Crippen LogP contribution < -0.4 is 34.9 Å². The van der Waals surface area contributed by atoms with Crippen LogP contribution in [0.25, 0.3) is 0 Å². The summed E-state index contributed by atoms with van der Waals surface area (Å²) < 4.78 is 0.